The zero-order valence-electron chi connectivity index (χ0n) is 6.14. The largest absolute Gasteiger partial charge is 0.141 e. The molecule has 0 N–H and O–H groups in total. The van der Waals surface area contributed by atoms with Crippen LogP contribution in [0.2, 0.25) is 0 Å². The molecular weight excluding hydrogens is 110 g/mol. The summed E-state index contributed by atoms with van der Waals surface area (Å²) in [6, 6.07) is 0. The molecule has 1 rings (SSSR count). The Kier molecular flexibility index (Phi) is 2.78. The van der Waals surface area contributed by atoms with E-state index in [1.165, 1.54) is 25.9 Å². The summed E-state index contributed by atoms with van der Waals surface area (Å²) < 4.78 is 0. The topological polar surface area (TPSA) is 5.90 Å². The number of hydrogen-bond acceptors (Lipinski definition) is 1. The van der Waals surface area contributed by atoms with E-state index < -0.39 is 0 Å². The summed E-state index contributed by atoms with van der Waals surface area (Å²) in [6.45, 7) is 4.72. The highest BCUT2D eigenvalue weighted by Crippen LogP contribution is 2.03. The molecule has 0 atom stereocenters. The number of allylic oxidation sites excluding steroid dienone is 1. The van der Waals surface area contributed by atoms with E-state index in [4.69, 9.17) is 0 Å². The van der Waals surface area contributed by atoms with Crippen LogP contribution in [-0.4, -0.2) is 13.1 Å². The molecule has 1 fully saturated rings. The van der Waals surface area contributed by atoms with Crippen molar-refractivity contribution in [3.63, 3.8) is 0 Å². The molecule has 0 aromatic carbocycles. The highest BCUT2D eigenvalue weighted by molar-refractivity contribution is 4.88. The molecule has 1 aliphatic heterocycles. The molecule has 0 aliphatic carbocycles. The van der Waals surface area contributed by atoms with E-state index in [1.54, 1.807) is 0 Å². The Morgan fingerprint density at radius 2 is 2.00 bits per heavy atom. The third-order valence-corrected chi connectivity index (χ3v) is 1.69. The molecule has 0 bridgehead atoms. The van der Waals surface area contributed by atoms with Gasteiger partial charge in [-0.1, -0.05) is 6.92 Å². The Bertz CT molecular complexity index is 90.7. The van der Waals surface area contributed by atoms with Gasteiger partial charge in [-0.15, -0.1) is 4.90 Å². The first-order valence-electron chi connectivity index (χ1n) is 3.84. The summed E-state index contributed by atoms with van der Waals surface area (Å²) in [6.07, 6.45) is 8.39. The lowest BCUT2D eigenvalue weighted by Crippen LogP contribution is -2.17. The van der Waals surface area contributed by atoms with E-state index in [-0.39, 0.29) is 0 Å². The Labute approximate surface area is 57.4 Å². The second-order valence-electron chi connectivity index (χ2n) is 2.54. The minimum absolute atomic E-state index is 1.16. The van der Waals surface area contributed by atoms with Crippen molar-refractivity contribution in [2.75, 3.05) is 13.1 Å². The first kappa shape index (κ1) is 6.81. The van der Waals surface area contributed by atoms with Crippen molar-refractivity contribution in [1.82, 2.24) is 4.90 Å². The minimum atomic E-state index is 1.16. The van der Waals surface area contributed by atoms with Gasteiger partial charge in [-0.2, -0.15) is 0 Å². The average molecular weight is 125 g/mol. The third-order valence-electron chi connectivity index (χ3n) is 1.69. The van der Waals surface area contributed by atoms with Crippen molar-refractivity contribution in [3.8, 4) is 0 Å². The van der Waals surface area contributed by atoms with Crippen LogP contribution in [0.3, 0.4) is 0 Å². The molecule has 51 valence electrons. The lowest BCUT2D eigenvalue weighted by molar-refractivity contribution is 0.631. The van der Waals surface area contributed by atoms with E-state index >= 15 is 0 Å². The van der Waals surface area contributed by atoms with Crippen LogP contribution in [0.25, 0.3) is 0 Å². The van der Waals surface area contributed by atoms with Gasteiger partial charge in [0.2, 0.25) is 0 Å². The third kappa shape index (κ3) is 2.19. The molecule has 9 heavy (non-hydrogen) atoms. The Balaban J connectivity index is 2.18. The predicted octanol–water partition coefficient (Wildman–Crippen LogP) is 1.84. The molecular formula is C8H15N+. The molecule has 0 unspecified atom stereocenters. The zero-order chi connectivity index (χ0) is 6.53. The first-order valence-corrected chi connectivity index (χ1v) is 3.84. The molecule has 1 aliphatic rings. The monoisotopic (exact) mass is 125 g/mol. The normalized spacial score (nSPS) is 21.9. The van der Waals surface area contributed by atoms with E-state index in [9.17, 15) is 0 Å². The molecule has 0 aromatic rings. The summed E-state index contributed by atoms with van der Waals surface area (Å²) in [7, 11) is 0. The molecule has 0 saturated carbocycles. The molecule has 0 spiro atoms. The molecule has 0 amide bonds. The maximum atomic E-state index is 2.39. The first-order chi connectivity index (χ1) is 4.43. The number of nitrogens with zero attached hydrogens (tertiary/aromatic N) is 1. The van der Waals surface area contributed by atoms with Crippen molar-refractivity contribution >= 4 is 0 Å². The van der Waals surface area contributed by atoms with Crippen molar-refractivity contribution < 1.29 is 0 Å². The highest BCUT2D eigenvalue weighted by atomic mass is 15.1. The highest BCUT2D eigenvalue weighted by Gasteiger charge is 2.16. The van der Waals surface area contributed by atoms with Gasteiger partial charge in [0.25, 0.3) is 0 Å². The van der Waals surface area contributed by atoms with Crippen LogP contribution in [0.4, 0.5) is 0 Å². The van der Waals surface area contributed by atoms with Gasteiger partial charge in [0, 0.05) is 12.8 Å². The maximum absolute atomic E-state index is 2.39. The van der Waals surface area contributed by atoms with E-state index in [0.29, 0.717) is 0 Å². The second kappa shape index (κ2) is 3.67. The van der Waals surface area contributed by atoms with E-state index in [0.717, 1.165) is 6.42 Å². The van der Waals surface area contributed by atoms with Crippen LogP contribution < -0.4 is 4.90 Å². The van der Waals surface area contributed by atoms with Gasteiger partial charge in [0.1, 0.15) is 19.3 Å². The fourth-order valence-electron chi connectivity index (χ4n) is 1.15. The van der Waals surface area contributed by atoms with Gasteiger partial charge in [-0.25, -0.2) is 0 Å². The van der Waals surface area contributed by atoms with Crippen LogP contribution in [0, 0.1) is 0 Å². The second-order valence-corrected chi connectivity index (χ2v) is 2.54. The number of likely N-dealkylation sites (tertiary alicyclic amines) is 1. The van der Waals surface area contributed by atoms with Gasteiger partial charge < -0.3 is 0 Å². The minimum Gasteiger partial charge on any atom is -0.141 e. The van der Waals surface area contributed by atoms with Crippen molar-refractivity contribution in [2.24, 2.45) is 0 Å². The Morgan fingerprint density at radius 3 is 2.56 bits per heavy atom. The fraction of sp³-hybridized carbons (Fsp3) is 0.750. The van der Waals surface area contributed by atoms with Crippen molar-refractivity contribution in [2.45, 2.75) is 26.2 Å². The summed E-state index contributed by atoms with van der Waals surface area (Å²) in [4.78, 5) is 2.39. The number of rotatable bonds is 2. The van der Waals surface area contributed by atoms with Crippen LogP contribution in [0.1, 0.15) is 26.2 Å². The summed E-state index contributed by atoms with van der Waals surface area (Å²) in [5.74, 6) is 0. The molecule has 1 heteroatoms. The lowest BCUT2D eigenvalue weighted by atomic mass is 10.4. The van der Waals surface area contributed by atoms with Crippen molar-refractivity contribution in [3.05, 3.63) is 12.3 Å². The predicted molar refractivity (Wildman–Crippen MR) is 40.5 cm³/mol. The molecule has 1 heterocycles. The van der Waals surface area contributed by atoms with Gasteiger partial charge in [0.15, 0.2) is 0 Å². The summed E-state index contributed by atoms with van der Waals surface area (Å²) >= 11 is 0. The van der Waals surface area contributed by atoms with Gasteiger partial charge >= 0.3 is 0 Å². The molecule has 1 radical (unpaired) electrons. The molecule has 1 saturated heterocycles. The van der Waals surface area contributed by atoms with Crippen molar-refractivity contribution in [1.29, 1.82) is 0 Å². The maximum Gasteiger partial charge on any atom is 0.140 e. The standard InChI is InChI=1S/C8H15N/c1-2-3-6-9-7-4-5-8-9/h3,6H,2,4-5,7-8H2,1H3/q+1/b6-3+. The van der Waals surface area contributed by atoms with Gasteiger partial charge in [-0.05, 0) is 12.5 Å². The van der Waals surface area contributed by atoms with Crippen LogP contribution in [-0.2, 0) is 0 Å². The smallest absolute Gasteiger partial charge is 0.140 e. The van der Waals surface area contributed by atoms with Crippen LogP contribution in [0.5, 0.6) is 0 Å². The van der Waals surface area contributed by atoms with E-state index in [2.05, 4.69) is 24.1 Å². The summed E-state index contributed by atoms with van der Waals surface area (Å²) in [5.41, 5.74) is 0. The Hall–Kier alpha value is -0.300. The molecule has 1 nitrogen and oxygen atoms in total. The summed E-state index contributed by atoms with van der Waals surface area (Å²) in [5, 5.41) is 0. The van der Waals surface area contributed by atoms with Gasteiger partial charge in [0.05, 0.1) is 0 Å². The lowest BCUT2D eigenvalue weighted by Gasteiger charge is -1.92. The fourth-order valence-corrected chi connectivity index (χ4v) is 1.15. The Morgan fingerprint density at radius 1 is 1.33 bits per heavy atom. The van der Waals surface area contributed by atoms with Crippen LogP contribution in [0.15, 0.2) is 12.3 Å². The SMILES string of the molecule is CC/C=C/[N+]1CCCC1. The number of hydrogen-bond donors (Lipinski definition) is 0. The van der Waals surface area contributed by atoms with Gasteiger partial charge in [-0.3, -0.25) is 0 Å². The average Bonchev–Trinajstić information content (AvgIpc) is 2.34. The van der Waals surface area contributed by atoms with E-state index in [1.807, 2.05) is 0 Å². The molecule has 0 aromatic heterocycles. The van der Waals surface area contributed by atoms with Crippen LogP contribution >= 0.6 is 0 Å². The zero-order valence-corrected chi connectivity index (χ0v) is 6.14. The quantitative estimate of drug-likeness (QED) is 0.497.